The molecule has 1 aliphatic rings. The number of halogens is 2. The van der Waals surface area contributed by atoms with Crippen molar-refractivity contribution in [2.24, 2.45) is 0 Å². The molecule has 0 saturated carbocycles. The molecule has 4 amide bonds. The predicted molar refractivity (Wildman–Crippen MR) is 142 cm³/mol. The minimum absolute atomic E-state index is 0.142. The third kappa shape index (κ3) is 5.23. The molecule has 1 saturated heterocycles. The van der Waals surface area contributed by atoms with E-state index in [0.717, 1.165) is 37.0 Å². The Morgan fingerprint density at radius 1 is 0.971 bits per heavy atom. The number of methoxy groups -OCH3 is 1. The zero-order valence-corrected chi connectivity index (χ0v) is 22.3. The Balaban J connectivity index is 1.69. The van der Waals surface area contributed by atoms with Crippen LogP contribution in [0, 0.1) is 0 Å². The third-order valence-electron chi connectivity index (χ3n) is 5.74. The maximum Gasteiger partial charge on any atom is 0.335 e. The molecule has 1 N–H and O–H groups in total. The molecule has 0 radical (unpaired) electrons. The van der Waals surface area contributed by atoms with Gasteiger partial charge in [0.15, 0.2) is 0 Å². The number of carbonyl (C=O) groups excluding carboxylic acids is 3. The van der Waals surface area contributed by atoms with E-state index < -0.39 is 17.8 Å². The van der Waals surface area contributed by atoms with Crippen molar-refractivity contribution in [3.63, 3.8) is 0 Å². The van der Waals surface area contributed by atoms with Crippen LogP contribution in [-0.4, -0.2) is 25.0 Å². The standard InChI is InChI=1S/C27H22Br2N2O4/c1-3-16-8-10-19(11-9-16)31-26(33)21(25(32)30-27(31)34)12-17-13-23(29)20(24(14-17)35-2)15-18-6-4-5-7-22(18)28/h4-14H,3,15H2,1-2H3,(H,30,32,34)/b21-12+. The highest BCUT2D eigenvalue weighted by Gasteiger charge is 2.36. The summed E-state index contributed by atoms with van der Waals surface area (Å²) in [5.74, 6) is -0.821. The first-order valence-electron chi connectivity index (χ1n) is 10.9. The van der Waals surface area contributed by atoms with Gasteiger partial charge in [0.1, 0.15) is 11.3 Å². The summed E-state index contributed by atoms with van der Waals surface area (Å²) >= 11 is 7.19. The van der Waals surface area contributed by atoms with Gasteiger partial charge in [-0.2, -0.15) is 0 Å². The lowest BCUT2D eigenvalue weighted by Crippen LogP contribution is -2.54. The zero-order valence-electron chi connectivity index (χ0n) is 19.1. The van der Waals surface area contributed by atoms with Crippen LogP contribution in [0.3, 0.4) is 0 Å². The van der Waals surface area contributed by atoms with E-state index >= 15 is 0 Å². The number of nitrogens with one attached hydrogen (secondary N) is 1. The second kappa shape index (κ2) is 10.6. The van der Waals surface area contributed by atoms with Gasteiger partial charge in [-0.15, -0.1) is 0 Å². The van der Waals surface area contributed by atoms with Crippen LogP contribution in [0.1, 0.15) is 29.2 Å². The molecular formula is C27H22Br2N2O4. The first-order valence-corrected chi connectivity index (χ1v) is 12.5. The van der Waals surface area contributed by atoms with Gasteiger partial charge in [0.25, 0.3) is 11.8 Å². The molecule has 0 aromatic heterocycles. The maximum atomic E-state index is 13.2. The quantitative estimate of drug-likeness (QED) is 0.278. The van der Waals surface area contributed by atoms with Gasteiger partial charge in [0, 0.05) is 20.9 Å². The summed E-state index contributed by atoms with van der Waals surface area (Å²) in [6.07, 6.45) is 2.91. The number of urea groups is 1. The summed E-state index contributed by atoms with van der Waals surface area (Å²) in [6.45, 7) is 2.02. The van der Waals surface area contributed by atoms with Crippen LogP contribution in [0.25, 0.3) is 6.08 Å². The number of nitrogens with zero attached hydrogens (tertiary/aromatic N) is 1. The lowest BCUT2D eigenvalue weighted by molar-refractivity contribution is -0.122. The van der Waals surface area contributed by atoms with Crippen LogP contribution < -0.4 is 15.0 Å². The van der Waals surface area contributed by atoms with Crippen LogP contribution >= 0.6 is 31.9 Å². The molecule has 3 aromatic carbocycles. The molecule has 0 bridgehead atoms. The number of imide groups is 2. The van der Waals surface area contributed by atoms with Gasteiger partial charge < -0.3 is 4.74 Å². The minimum Gasteiger partial charge on any atom is -0.496 e. The van der Waals surface area contributed by atoms with E-state index in [-0.39, 0.29) is 5.57 Å². The number of ether oxygens (including phenoxy) is 1. The van der Waals surface area contributed by atoms with E-state index in [2.05, 4.69) is 37.2 Å². The number of rotatable bonds is 6. The molecule has 0 atom stereocenters. The van der Waals surface area contributed by atoms with Gasteiger partial charge >= 0.3 is 6.03 Å². The number of amides is 4. The van der Waals surface area contributed by atoms with E-state index in [1.807, 2.05) is 49.4 Å². The summed E-state index contributed by atoms with van der Waals surface area (Å²) < 4.78 is 7.38. The Bertz CT molecular complexity index is 1350. The molecule has 178 valence electrons. The van der Waals surface area contributed by atoms with Gasteiger partial charge in [-0.25, -0.2) is 9.69 Å². The van der Waals surface area contributed by atoms with Crippen molar-refractivity contribution >= 4 is 61.5 Å². The van der Waals surface area contributed by atoms with Crippen molar-refractivity contribution in [3.8, 4) is 5.75 Å². The van der Waals surface area contributed by atoms with Crippen molar-refractivity contribution in [1.82, 2.24) is 5.32 Å². The number of barbiturate groups is 1. The van der Waals surface area contributed by atoms with Gasteiger partial charge in [0.2, 0.25) is 0 Å². The lowest BCUT2D eigenvalue weighted by Gasteiger charge is -2.26. The smallest absolute Gasteiger partial charge is 0.335 e. The second-order valence-electron chi connectivity index (χ2n) is 7.93. The van der Waals surface area contributed by atoms with Gasteiger partial charge in [-0.05, 0) is 59.5 Å². The van der Waals surface area contributed by atoms with E-state index in [9.17, 15) is 14.4 Å². The van der Waals surface area contributed by atoms with E-state index in [4.69, 9.17) is 4.74 Å². The Morgan fingerprint density at radius 3 is 2.34 bits per heavy atom. The van der Waals surface area contributed by atoms with E-state index in [1.54, 1.807) is 25.3 Å². The number of benzene rings is 3. The Morgan fingerprint density at radius 2 is 1.69 bits per heavy atom. The maximum absolute atomic E-state index is 13.2. The van der Waals surface area contributed by atoms with Gasteiger partial charge in [-0.3, -0.25) is 14.9 Å². The SMILES string of the molecule is CCc1ccc(N2C(=O)NC(=O)/C(=C\c3cc(Br)c(Cc4ccccc4Br)c(OC)c3)C2=O)cc1. The molecular weight excluding hydrogens is 576 g/mol. The predicted octanol–water partition coefficient (Wildman–Crippen LogP) is 6.04. The van der Waals surface area contributed by atoms with Crippen LogP contribution in [0.15, 0.2) is 75.2 Å². The van der Waals surface area contributed by atoms with Crippen molar-refractivity contribution < 1.29 is 19.1 Å². The number of hydrogen-bond acceptors (Lipinski definition) is 4. The fourth-order valence-corrected chi connectivity index (χ4v) is 4.86. The summed E-state index contributed by atoms with van der Waals surface area (Å²) in [6, 6.07) is 17.8. The zero-order chi connectivity index (χ0) is 25.1. The third-order valence-corrected chi connectivity index (χ3v) is 7.22. The van der Waals surface area contributed by atoms with Crippen LogP contribution in [0.5, 0.6) is 5.75 Å². The minimum atomic E-state index is -0.774. The molecule has 0 spiro atoms. The molecule has 1 aliphatic heterocycles. The molecule has 0 unspecified atom stereocenters. The fourth-order valence-electron chi connectivity index (χ4n) is 3.84. The summed E-state index contributed by atoms with van der Waals surface area (Å²) in [4.78, 5) is 39.3. The topological polar surface area (TPSA) is 75.7 Å². The highest BCUT2D eigenvalue weighted by Crippen LogP contribution is 2.34. The van der Waals surface area contributed by atoms with Crippen molar-refractivity contribution in [2.75, 3.05) is 12.0 Å². The molecule has 3 aromatic rings. The summed E-state index contributed by atoms with van der Waals surface area (Å²) in [7, 11) is 1.57. The highest BCUT2D eigenvalue weighted by molar-refractivity contribution is 9.10. The van der Waals surface area contributed by atoms with Crippen LogP contribution in [-0.2, 0) is 22.4 Å². The van der Waals surface area contributed by atoms with Gasteiger partial charge in [-0.1, -0.05) is 69.1 Å². The van der Waals surface area contributed by atoms with Crippen molar-refractivity contribution in [1.29, 1.82) is 0 Å². The van der Waals surface area contributed by atoms with Crippen LogP contribution in [0.2, 0.25) is 0 Å². The van der Waals surface area contributed by atoms with Crippen molar-refractivity contribution in [3.05, 3.63) is 97.4 Å². The normalized spacial score (nSPS) is 14.9. The van der Waals surface area contributed by atoms with E-state index in [1.165, 1.54) is 6.08 Å². The fraction of sp³-hybridized carbons (Fsp3) is 0.148. The Labute approximate surface area is 220 Å². The molecule has 4 rings (SSSR count). The Kier molecular flexibility index (Phi) is 7.52. The summed E-state index contributed by atoms with van der Waals surface area (Å²) in [5.41, 5.74) is 3.92. The molecule has 1 fully saturated rings. The van der Waals surface area contributed by atoms with Crippen molar-refractivity contribution in [2.45, 2.75) is 19.8 Å². The second-order valence-corrected chi connectivity index (χ2v) is 9.64. The first-order chi connectivity index (χ1) is 16.8. The molecule has 6 nitrogen and oxygen atoms in total. The molecule has 1 heterocycles. The highest BCUT2D eigenvalue weighted by atomic mass is 79.9. The van der Waals surface area contributed by atoms with E-state index in [0.29, 0.717) is 23.4 Å². The summed E-state index contributed by atoms with van der Waals surface area (Å²) in [5, 5.41) is 2.26. The average molecular weight is 598 g/mol. The van der Waals surface area contributed by atoms with Gasteiger partial charge in [0.05, 0.1) is 12.8 Å². The monoisotopic (exact) mass is 596 g/mol. The molecule has 0 aliphatic carbocycles. The molecule has 35 heavy (non-hydrogen) atoms. The van der Waals surface area contributed by atoms with Crippen LogP contribution in [0.4, 0.5) is 10.5 Å². The number of hydrogen-bond donors (Lipinski definition) is 1. The molecule has 8 heteroatoms. The Hall–Kier alpha value is -3.23. The number of aryl methyl sites for hydroxylation is 1. The largest absolute Gasteiger partial charge is 0.496 e. The first kappa shape index (κ1) is 24.9. The average Bonchev–Trinajstić information content (AvgIpc) is 2.84. The number of carbonyl (C=O) groups is 3. The lowest BCUT2D eigenvalue weighted by atomic mass is 10.0. The number of anilines is 1.